The number of rotatable bonds is 7. The summed E-state index contributed by atoms with van der Waals surface area (Å²) in [6, 6.07) is 0.877. The third-order valence-corrected chi connectivity index (χ3v) is 3.70. The van der Waals surface area contributed by atoms with Crippen molar-refractivity contribution >= 4 is 45.2 Å². The Morgan fingerprint density at radius 3 is 2.19 bits per heavy atom. The van der Waals surface area contributed by atoms with Gasteiger partial charge in [0.05, 0.1) is 12.1 Å². The molecule has 0 fully saturated rings. The summed E-state index contributed by atoms with van der Waals surface area (Å²) in [5.74, 6) is -0.579. The lowest BCUT2D eigenvalue weighted by molar-refractivity contribution is -0.142. The second-order valence-electron chi connectivity index (χ2n) is 5.03. The van der Waals surface area contributed by atoms with E-state index >= 15 is 0 Å². The van der Waals surface area contributed by atoms with Gasteiger partial charge in [0.25, 0.3) is 0 Å². The lowest BCUT2D eigenvalue weighted by Crippen LogP contribution is -2.25. The van der Waals surface area contributed by atoms with Gasteiger partial charge in [0.2, 0.25) is 0 Å². The van der Waals surface area contributed by atoms with Gasteiger partial charge in [-0.25, -0.2) is 0 Å². The van der Waals surface area contributed by atoms with Crippen LogP contribution in [0.1, 0.15) is 33.6 Å². The van der Waals surface area contributed by atoms with Gasteiger partial charge in [-0.05, 0) is 27.2 Å². The minimum absolute atomic E-state index is 0.0643. The lowest BCUT2D eigenvalue weighted by atomic mass is 9.99. The predicted molar refractivity (Wildman–Crippen MR) is 82.1 cm³/mol. The van der Waals surface area contributed by atoms with Crippen molar-refractivity contribution in [1.82, 2.24) is 0 Å². The van der Waals surface area contributed by atoms with Gasteiger partial charge < -0.3 is 4.74 Å². The number of nitrogens with zero attached hydrogens (tertiary/aromatic N) is 4. The minimum atomic E-state index is -3.02. The van der Waals surface area contributed by atoms with Crippen molar-refractivity contribution < 1.29 is 9.53 Å². The number of hydrogen-bond donors (Lipinski definition) is 0. The molecule has 0 amide bonds. The third kappa shape index (κ3) is 9.65. The number of halogens is 3. The van der Waals surface area contributed by atoms with Gasteiger partial charge in [-0.1, -0.05) is 0 Å². The van der Waals surface area contributed by atoms with Crippen molar-refractivity contribution in [2.75, 3.05) is 6.23 Å². The van der Waals surface area contributed by atoms with Crippen LogP contribution in [0.2, 0.25) is 0 Å². The average Bonchev–Trinajstić information content (AvgIpc) is 2.40. The first kappa shape index (κ1) is 20.1. The van der Waals surface area contributed by atoms with E-state index in [0.29, 0.717) is 0 Å². The molecule has 0 heterocycles. The molecule has 10 heteroatoms. The van der Waals surface area contributed by atoms with Crippen LogP contribution in [0, 0.1) is 22.7 Å². The van der Waals surface area contributed by atoms with Crippen LogP contribution < -0.4 is 0 Å². The molecule has 0 N–H and O–H groups in total. The van der Waals surface area contributed by atoms with Crippen LogP contribution in [0.4, 0.5) is 0 Å². The summed E-state index contributed by atoms with van der Waals surface area (Å²) in [4.78, 5) is 11.5. The highest BCUT2D eigenvalue weighted by Crippen LogP contribution is 2.22. The molecule has 0 bridgehead atoms. The van der Waals surface area contributed by atoms with E-state index in [9.17, 15) is 4.79 Å². The van der Waals surface area contributed by atoms with Gasteiger partial charge in [-0.15, -0.1) is 33.2 Å². The number of azo groups is 1. The van der Waals surface area contributed by atoms with Crippen molar-refractivity contribution in [1.29, 1.82) is 10.5 Å². The zero-order valence-corrected chi connectivity index (χ0v) is 15.1. The summed E-state index contributed by atoms with van der Waals surface area (Å²) in [5, 5.41) is 25.6. The fraction of sp³-hybridized carbons (Fsp3) is 0.727. The fourth-order valence-corrected chi connectivity index (χ4v) is 1.78. The number of ether oxygens (including phenoxy) is 1. The van der Waals surface area contributed by atoms with Crippen LogP contribution in [0.5, 0.6) is 0 Å². The quantitative estimate of drug-likeness (QED) is 0.296. The van der Waals surface area contributed by atoms with Crippen molar-refractivity contribution in [2.24, 2.45) is 10.2 Å². The molecule has 0 aliphatic rings. The van der Waals surface area contributed by atoms with Crippen LogP contribution in [0.25, 0.3) is 0 Å². The zero-order valence-electron chi connectivity index (χ0n) is 11.9. The van der Waals surface area contributed by atoms with Crippen molar-refractivity contribution in [3.63, 3.8) is 0 Å². The first-order valence-corrected chi connectivity index (χ1v) is 11.2. The summed E-state index contributed by atoms with van der Waals surface area (Å²) < 4.78 is 4.81. The molecule has 0 aliphatic carbocycles. The van der Waals surface area contributed by atoms with E-state index in [1.807, 2.05) is 12.1 Å². The summed E-state index contributed by atoms with van der Waals surface area (Å²) in [6.07, 6.45) is -0.206. The first-order chi connectivity index (χ1) is 9.43. The Kier molecular flexibility index (Phi) is 7.62. The maximum absolute atomic E-state index is 11.5. The molecular formula is C11H15Cl3N4O2Si. The molecule has 0 saturated carbocycles. The monoisotopic (exact) mass is 368 g/mol. The number of hydrogen-bond acceptors (Lipinski definition) is 6. The molecule has 6 nitrogen and oxygen atoms in total. The third-order valence-electron chi connectivity index (χ3n) is 2.25. The SMILES string of the molecule is CC(C)(C#N)N=NC(C)(C#N)CCC(=O)OC[Si](Cl)(Cl)Cl. The lowest BCUT2D eigenvalue weighted by Gasteiger charge is -2.17. The molecule has 0 aliphatic heterocycles. The van der Waals surface area contributed by atoms with E-state index in [1.54, 1.807) is 13.8 Å². The molecule has 21 heavy (non-hydrogen) atoms. The second-order valence-corrected chi connectivity index (χ2v) is 14.1. The number of carbonyl (C=O) groups excluding carboxylic acids is 1. The maximum Gasteiger partial charge on any atom is 0.378 e. The largest absolute Gasteiger partial charge is 0.465 e. The molecule has 1 unspecified atom stereocenters. The van der Waals surface area contributed by atoms with Gasteiger partial charge in [0.1, 0.15) is 6.23 Å². The fourth-order valence-electron chi connectivity index (χ4n) is 0.966. The predicted octanol–water partition coefficient (Wildman–Crippen LogP) is 3.54. The van der Waals surface area contributed by atoms with Crippen molar-refractivity contribution in [2.45, 2.75) is 44.7 Å². The molecule has 116 valence electrons. The van der Waals surface area contributed by atoms with Gasteiger partial charge in [-0.2, -0.15) is 20.8 Å². The summed E-state index contributed by atoms with van der Waals surface area (Å²) in [7, 11) is 0. The van der Waals surface area contributed by atoms with E-state index in [4.69, 9.17) is 48.5 Å². The Hall–Kier alpha value is -0.863. The van der Waals surface area contributed by atoms with E-state index in [-0.39, 0.29) is 19.1 Å². The number of esters is 1. The van der Waals surface area contributed by atoms with Crippen LogP contribution in [-0.2, 0) is 9.53 Å². The summed E-state index contributed by atoms with van der Waals surface area (Å²) in [5.41, 5.74) is -2.25. The molecule has 0 rings (SSSR count). The van der Waals surface area contributed by atoms with Crippen LogP contribution >= 0.6 is 33.2 Å². The van der Waals surface area contributed by atoms with Gasteiger partial charge in [-0.3, -0.25) is 4.79 Å². The Bertz CT molecular complexity index is 493. The first-order valence-electron chi connectivity index (χ1n) is 5.92. The zero-order chi connectivity index (χ0) is 16.7. The van der Waals surface area contributed by atoms with E-state index in [2.05, 4.69) is 10.2 Å². The topological polar surface area (TPSA) is 98.6 Å². The van der Waals surface area contributed by atoms with E-state index in [1.165, 1.54) is 6.92 Å². The normalized spacial score (nSPS) is 15.0. The standard InChI is InChI=1S/C11H15Cl3N4O2Si/c1-10(2,6-15)17-18-11(3,7-16)5-4-9(19)20-8-21(12,13)14/h4-5,8H2,1-3H3. The highest BCUT2D eigenvalue weighted by Gasteiger charge is 2.30. The highest BCUT2D eigenvalue weighted by atomic mass is 35.8. The highest BCUT2D eigenvalue weighted by molar-refractivity contribution is 7.64. The number of carbonyl (C=O) groups is 1. The minimum Gasteiger partial charge on any atom is -0.465 e. The summed E-state index contributed by atoms with van der Waals surface area (Å²) >= 11 is 16.8. The van der Waals surface area contributed by atoms with Gasteiger partial charge in [0, 0.05) is 6.42 Å². The molecule has 0 aromatic carbocycles. The Morgan fingerprint density at radius 2 is 1.76 bits per heavy atom. The van der Waals surface area contributed by atoms with E-state index in [0.717, 1.165) is 0 Å². The molecule has 0 radical (unpaired) electrons. The Labute approximate surface area is 138 Å². The second kappa shape index (κ2) is 7.95. The summed E-state index contributed by atoms with van der Waals surface area (Å²) in [6.45, 7) is 4.64. The Balaban J connectivity index is 4.55. The molecule has 0 saturated heterocycles. The average molecular weight is 370 g/mol. The van der Waals surface area contributed by atoms with Gasteiger partial charge in [0.15, 0.2) is 11.1 Å². The molecular weight excluding hydrogens is 355 g/mol. The van der Waals surface area contributed by atoms with Crippen molar-refractivity contribution in [3.8, 4) is 12.1 Å². The van der Waals surface area contributed by atoms with E-state index < -0.39 is 23.1 Å². The molecule has 0 aromatic rings. The Morgan fingerprint density at radius 1 is 1.19 bits per heavy atom. The van der Waals surface area contributed by atoms with Gasteiger partial charge >= 0.3 is 12.0 Å². The van der Waals surface area contributed by atoms with Crippen LogP contribution in [0.15, 0.2) is 10.2 Å². The number of nitriles is 2. The van der Waals surface area contributed by atoms with Crippen LogP contribution in [-0.4, -0.2) is 29.3 Å². The molecule has 0 spiro atoms. The van der Waals surface area contributed by atoms with Crippen molar-refractivity contribution in [3.05, 3.63) is 0 Å². The molecule has 0 aromatic heterocycles. The maximum atomic E-state index is 11.5. The molecule has 1 atom stereocenters. The smallest absolute Gasteiger partial charge is 0.378 e. The van der Waals surface area contributed by atoms with Crippen LogP contribution in [0.3, 0.4) is 0 Å².